The van der Waals surface area contributed by atoms with Gasteiger partial charge in [0.25, 0.3) is 0 Å². The molecule has 1 aromatic carbocycles. The molecule has 1 atom stereocenters. The molecular weight excluding hydrogens is 293 g/mol. The van der Waals surface area contributed by atoms with Gasteiger partial charge in [0.2, 0.25) is 10.0 Å². The van der Waals surface area contributed by atoms with Crippen LogP contribution in [0, 0.1) is 12.7 Å². The maximum absolute atomic E-state index is 13.3. The molecular formula is C14H24FN3O2S. The summed E-state index contributed by atoms with van der Waals surface area (Å²) in [5, 5.41) is 0. The van der Waals surface area contributed by atoms with Crippen molar-refractivity contribution in [3.8, 4) is 0 Å². The monoisotopic (exact) mass is 317 g/mol. The number of likely N-dealkylation sites (N-methyl/N-ethyl adjacent to an activating group) is 1. The SMILES string of the molecule is CCN(CC)CC(C)NS(=O)(=O)c1cc(N)c(F)cc1C. The van der Waals surface area contributed by atoms with Crippen LogP contribution < -0.4 is 10.5 Å². The number of aryl methyl sites for hydroxylation is 1. The summed E-state index contributed by atoms with van der Waals surface area (Å²) >= 11 is 0. The number of nitrogen functional groups attached to an aromatic ring is 1. The highest BCUT2D eigenvalue weighted by Gasteiger charge is 2.21. The minimum atomic E-state index is -3.71. The molecule has 0 aliphatic rings. The second kappa shape index (κ2) is 7.20. The van der Waals surface area contributed by atoms with Gasteiger partial charge in [-0.1, -0.05) is 13.8 Å². The van der Waals surface area contributed by atoms with Crippen LogP contribution in [0.15, 0.2) is 17.0 Å². The van der Waals surface area contributed by atoms with Crippen molar-refractivity contribution in [2.75, 3.05) is 25.4 Å². The first-order valence-electron chi connectivity index (χ1n) is 7.01. The van der Waals surface area contributed by atoms with Gasteiger partial charge in [-0.15, -0.1) is 0 Å². The van der Waals surface area contributed by atoms with Gasteiger partial charge >= 0.3 is 0 Å². The molecule has 0 aliphatic carbocycles. The number of benzene rings is 1. The molecule has 7 heteroatoms. The Kier molecular flexibility index (Phi) is 6.12. The van der Waals surface area contributed by atoms with E-state index >= 15 is 0 Å². The molecule has 3 N–H and O–H groups in total. The van der Waals surface area contributed by atoms with Gasteiger partial charge in [0, 0.05) is 12.6 Å². The summed E-state index contributed by atoms with van der Waals surface area (Å²) in [7, 11) is -3.71. The summed E-state index contributed by atoms with van der Waals surface area (Å²) in [6.45, 7) is 9.72. The highest BCUT2D eigenvalue weighted by Crippen LogP contribution is 2.21. The van der Waals surface area contributed by atoms with Crippen LogP contribution in [-0.2, 0) is 10.0 Å². The van der Waals surface area contributed by atoms with E-state index in [0.29, 0.717) is 12.1 Å². The fourth-order valence-electron chi connectivity index (χ4n) is 2.19. The van der Waals surface area contributed by atoms with E-state index in [1.54, 1.807) is 13.8 Å². The van der Waals surface area contributed by atoms with Crippen molar-refractivity contribution in [2.45, 2.75) is 38.6 Å². The molecule has 0 saturated heterocycles. The van der Waals surface area contributed by atoms with Crippen LogP contribution in [-0.4, -0.2) is 39.0 Å². The summed E-state index contributed by atoms with van der Waals surface area (Å²) < 4.78 is 40.7. The Balaban J connectivity index is 2.94. The minimum Gasteiger partial charge on any atom is -0.396 e. The Labute approximate surface area is 126 Å². The summed E-state index contributed by atoms with van der Waals surface area (Å²) in [4.78, 5) is 2.15. The number of halogens is 1. The van der Waals surface area contributed by atoms with Gasteiger partial charge in [0.1, 0.15) is 5.82 Å². The van der Waals surface area contributed by atoms with Crippen molar-refractivity contribution in [3.05, 3.63) is 23.5 Å². The molecule has 21 heavy (non-hydrogen) atoms. The van der Waals surface area contributed by atoms with E-state index in [0.717, 1.165) is 25.2 Å². The van der Waals surface area contributed by atoms with Gasteiger partial charge in [0.05, 0.1) is 10.6 Å². The number of rotatable bonds is 7. The first-order valence-corrected chi connectivity index (χ1v) is 8.49. The van der Waals surface area contributed by atoms with Crippen LogP contribution in [0.25, 0.3) is 0 Å². The lowest BCUT2D eigenvalue weighted by Crippen LogP contribution is -2.42. The fraction of sp³-hybridized carbons (Fsp3) is 0.571. The van der Waals surface area contributed by atoms with Crippen molar-refractivity contribution < 1.29 is 12.8 Å². The van der Waals surface area contributed by atoms with Crippen molar-refractivity contribution in [2.24, 2.45) is 0 Å². The first-order chi connectivity index (χ1) is 9.71. The summed E-state index contributed by atoms with van der Waals surface area (Å²) in [5.74, 6) is -0.609. The van der Waals surface area contributed by atoms with Gasteiger partial charge in [-0.25, -0.2) is 17.5 Å². The number of hydrogen-bond acceptors (Lipinski definition) is 4. The highest BCUT2D eigenvalue weighted by molar-refractivity contribution is 7.89. The van der Waals surface area contributed by atoms with Crippen LogP contribution in [0.4, 0.5) is 10.1 Å². The smallest absolute Gasteiger partial charge is 0.241 e. The lowest BCUT2D eigenvalue weighted by molar-refractivity contribution is 0.282. The van der Waals surface area contributed by atoms with Gasteiger partial charge in [-0.3, -0.25) is 0 Å². The zero-order valence-electron chi connectivity index (χ0n) is 13.0. The number of anilines is 1. The van der Waals surface area contributed by atoms with E-state index < -0.39 is 15.8 Å². The quantitative estimate of drug-likeness (QED) is 0.751. The fourth-order valence-corrected chi connectivity index (χ4v) is 3.69. The summed E-state index contributed by atoms with van der Waals surface area (Å²) in [6, 6.07) is 2.05. The lowest BCUT2D eigenvalue weighted by Gasteiger charge is -2.23. The van der Waals surface area contributed by atoms with E-state index in [1.807, 2.05) is 13.8 Å². The topological polar surface area (TPSA) is 75.4 Å². The molecule has 0 amide bonds. The molecule has 5 nitrogen and oxygen atoms in total. The molecule has 1 aromatic rings. The standard InChI is InChI=1S/C14H24FN3O2S/c1-5-18(6-2)9-11(4)17-21(19,20)14-8-13(16)12(15)7-10(14)3/h7-8,11,17H,5-6,9,16H2,1-4H3. The zero-order valence-corrected chi connectivity index (χ0v) is 13.8. The molecule has 0 fully saturated rings. The maximum atomic E-state index is 13.3. The van der Waals surface area contributed by atoms with E-state index in [-0.39, 0.29) is 16.6 Å². The molecule has 0 bridgehead atoms. The molecule has 0 aliphatic heterocycles. The van der Waals surface area contributed by atoms with Crippen molar-refractivity contribution in [1.82, 2.24) is 9.62 Å². The lowest BCUT2D eigenvalue weighted by atomic mass is 10.2. The second-order valence-electron chi connectivity index (χ2n) is 5.15. The van der Waals surface area contributed by atoms with Gasteiger partial charge in [-0.05, 0) is 44.6 Å². The Morgan fingerprint density at radius 2 is 1.90 bits per heavy atom. The van der Waals surface area contributed by atoms with E-state index in [2.05, 4.69) is 9.62 Å². The average molecular weight is 317 g/mol. The number of nitrogens with two attached hydrogens (primary N) is 1. The van der Waals surface area contributed by atoms with E-state index in [9.17, 15) is 12.8 Å². The van der Waals surface area contributed by atoms with Gasteiger partial charge in [0.15, 0.2) is 0 Å². The Morgan fingerprint density at radius 3 is 2.43 bits per heavy atom. The van der Waals surface area contributed by atoms with Crippen molar-refractivity contribution in [3.63, 3.8) is 0 Å². The van der Waals surface area contributed by atoms with Gasteiger partial charge in [-0.2, -0.15) is 0 Å². The predicted octanol–water partition coefficient (Wildman–Crippen LogP) is 1.72. The minimum absolute atomic E-state index is 0.0211. The summed E-state index contributed by atoms with van der Waals surface area (Å²) in [6.07, 6.45) is 0. The predicted molar refractivity (Wildman–Crippen MR) is 83.1 cm³/mol. The Morgan fingerprint density at radius 1 is 1.33 bits per heavy atom. The van der Waals surface area contributed by atoms with Crippen LogP contribution in [0.1, 0.15) is 26.3 Å². The third-order valence-electron chi connectivity index (χ3n) is 3.37. The molecule has 120 valence electrons. The van der Waals surface area contributed by atoms with Crippen LogP contribution in [0.3, 0.4) is 0 Å². The highest BCUT2D eigenvalue weighted by atomic mass is 32.2. The van der Waals surface area contributed by atoms with E-state index in [4.69, 9.17) is 5.73 Å². The molecule has 0 aromatic heterocycles. The van der Waals surface area contributed by atoms with Crippen LogP contribution >= 0.6 is 0 Å². The number of sulfonamides is 1. The van der Waals surface area contributed by atoms with Crippen LogP contribution in [0.5, 0.6) is 0 Å². The largest absolute Gasteiger partial charge is 0.396 e. The first kappa shape index (κ1) is 17.9. The Bertz CT molecular complexity index is 586. The number of nitrogens with one attached hydrogen (secondary N) is 1. The third kappa shape index (κ3) is 4.66. The number of nitrogens with zero attached hydrogens (tertiary/aromatic N) is 1. The molecule has 0 saturated carbocycles. The average Bonchev–Trinajstić information content (AvgIpc) is 2.39. The molecule has 0 spiro atoms. The molecule has 0 radical (unpaired) electrons. The number of hydrogen-bond donors (Lipinski definition) is 2. The van der Waals surface area contributed by atoms with E-state index in [1.165, 1.54) is 0 Å². The van der Waals surface area contributed by atoms with Gasteiger partial charge < -0.3 is 10.6 Å². The van der Waals surface area contributed by atoms with Crippen LogP contribution in [0.2, 0.25) is 0 Å². The normalized spacial score (nSPS) is 13.6. The van der Waals surface area contributed by atoms with Crippen molar-refractivity contribution in [1.29, 1.82) is 0 Å². The third-order valence-corrected chi connectivity index (χ3v) is 5.10. The maximum Gasteiger partial charge on any atom is 0.241 e. The zero-order chi connectivity index (χ0) is 16.2. The molecule has 0 heterocycles. The molecule has 1 unspecified atom stereocenters. The molecule has 1 rings (SSSR count). The van der Waals surface area contributed by atoms with Crippen molar-refractivity contribution >= 4 is 15.7 Å². The summed E-state index contributed by atoms with van der Waals surface area (Å²) in [5.41, 5.74) is 5.63. The second-order valence-corrected chi connectivity index (χ2v) is 6.83. The Hall–Kier alpha value is -1.18.